The van der Waals surface area contributed by atoms with E-state index in [4.69, 9.17) is 28.9 Å². The van der Waals surface area contributed by atoms with Gasteiger partial charge in [-0.05, 0) is 24.3 Å². The van der Waals surface area contributed by atoms with Crippen LogP contribution in [0.2, 0.25) is 10.0 Å². The summed E-state index contributed by atoms with van der Waals surface area (Å²) in [5.74, 6) is -0.335. The summed E-state index contributed by atoms with van der Waals surface area (Å²) in [7, 11) is 0. The molecule has 29 heavy (non-hydrogen) atoms. The highest BCUT2D eigenvalue weighted by molar-refractivity contribution is 6.32. The molecule has 0 atom stereocenters. The lowest BCUT2D eigenvalue weighted by atomic mass is 10.2. The van der Waals surface area contributed by atoms with Crippen molar-refractivity contribution in [2.45, 2.75) is 19.3 Å². The lowest BCUT2D eigenvalue weighted by Crippen LogP contribution is -2.49. The van der Waals surface area contributed by atoms with Gasteiger partial charge >= 0.3 is 6.18 Å². The van der Waals surface area contributed by atoms with Gasteiger partial charge in [-0.1, -0.05) is 23.2 Å². The minimum absolute atomic E-state index is 0. The molecule has 1 saturated heterocycles. The van der Waals surface area contributed by atoms with Crippen LogP contribution in [-0.2, 0) is 24.1 Å². The van der Waals surface area contributed by atoms with Crippen molar-refractivity contribution >= 4 is 47.2 Å². The number of nitrogens with two attached hydrogens (primary N) is 1. The lowest BCUT2D eigenvalue weighted by Gasteiger charge is -2.36. The van der Waals surface area contributed by atoms with Crippen LogP contribution in [0.3, 0.4) is 0 Å². The van der Waals surface area contributed by atoms with E-state index in [9.17, 15) is 18.0 Å². The molecule has 1 amide bonds. The van der Waals surface area contributed by atoms with Crippen molar-refractivity contribution in [2.75, 3.05) is 31.1 Å². The molecule has 2 heterocycles. The van der Waals surface area contributed by atoms with Crippen LogP contribution in [0.25, 0.3) is 0 Å². The van der Waals surface area contributed by atoms with Crippen LogP contribution in [0.5, 0.6) is 0 Å². The summed E-state index contributed by atoms with van der Waals surface area (Å²) in [6.07, 6.45) is -4.71. The molecular formula is C17H19Cl3F3N5O. The molecule has 6 nitrogen and oxygen atoms in total. The molecule has 1 aliphatic rings. The van der Waals surface area contributed by atoms with Crippen LogP contribution >= 0.6 is 35.6 Å². The van der Waals surface area contributed by atoms with Crippen molar-refractivity contribution in [3.8, 4) is 0 Å². The maximum atomic E-state index is 13.0. The number of benzene rings is 1. The Labute approximate surface area is 181 Å². The van der Waals surface area contributed by atoms with Crippen LogP contribution in [0, 0.1) is 0 Å². The molecule has 1 aromatic carbocycles. The summed E-state index contributed by atoms with van der Waals surface area (Å²) in [5, 5.41) is 3.55. The van der Waals surface area contributed by atoms with Crippen LogP contribution in [-0.4, -0.2) is 46.8 Å². The maximum Gasteiger partial charge on any atom is 0.436 e. The van der Waals surface area contributed by atoms with Crippen molar-refractivity contribution < 1.29 is 18.0 Å². The molecule has 2 aromatic rings. The van der Waals surface area contributed by atoms with E-state index in [0.717, 1.165) is 10.4 Å². The van der Waals surface area contributed by atoms with Gasteiger partial charge in [0, 0.05) is 43.4 Å². The zero-order chi connectivity index (χ0) is 20.5. The van der Waals surface area contributed by atoms with E-state index in [2.05, 4.69) is 10.00 Å². The molecule has 160 valence electrons. The molecule has 0 radical (unpaired) electrons. The standard InChI is InChI=1S/C17H18Cl2F3N5O.ClH/c18-11-1-3-12(4-2-11)25-5-7-26(8-6-25)14(28)10-27-13(9-23)15(19)16(24-27)17(20,21)22;/h1-4H,5-10,23H2;1H. The molecule has 1 fully saturated rings. The van der Waals surface area contributed by atoms with E-state index in [0.29, 0.717) is 31.2 Å². The van der Waals surface area contributed by atoms with Gasteiger partial charge < -0.3 is 15.5 Å². The number of rotatable bonds is 4. The van der Waals surface area contributed by atoms with Gasteiger partial charge in [0.05, 0.1) is 10.7 Å². The zero-order valence-corrected chi connectivity index (χ0v) is 17.5. The summed E-state index contributed by atoms with van der Waals surface area (Å²) in [5.41, 5.74) is 5.26. The van der Waals surface area contributed by atoms with Crippen molar-refractivity contribution in [3.05, 3.63) is 45.7 Å². The number of halogens is 6. The number of carbonyl (C=O) groups is 1. The third kappa shape index (κ3) is 5.28. The van der Waals surface area contributed by atoms with Gasteiger partial charge in [0.25, 0.3) is 0 Å². The largest absolute Gasteiger partial charge is 0.436 e. The molecule has 2 N–H and O–H groups in total. The number of nitrogens with zero attached hydrogens (tertiary/aromatic N) is 4. The number of alkyl halides is 3. The second-order valence-corrected chi connectivity index (χ2v) is 7.13. The second kappa shape index (κ2) is 9.42. The fourth-order valence-corrected chi connectivity index (χ4v) is 3.52. The SMILES string of the molecule is Cl.NCc1c(Cl)c(C(F)(F)F)nn1CC(=O)N1CCN(c2ccc(Cl)cc2)CC1. The highest BCUT2D eigenvalue weighted by Gasteiger charge is 2.39. The number of carbonyl (C=O) groups excluding carboxylic acids is 1. The van der Waals surface area contributed by atoms with Crippen molar-refractivity contribution in [2.24, 2.45) is 5.73 Å². The van der Waals surface area contributed by atoms with Crippen molar-refractivity contribution in [1.29, 1.82) is 0 Å². The highest BCUT2D eigenvalue weighted by Crippen LogP contribution is 2.35. The molecule has 12 heteroatoms. The first-order chi connectivity index (χ1) is 13.2. The minimum atomic E-state index is -4.71. The maximum absolute atomic E-state index is 13.0. The van der Waals surface area contributed by atoms with Gasteiger partial charge in [0.15, 0.2) is 5.69 Å². The average molecular weight is 473 g/mol. The van der Waals surface area contributed by atoms with Gasteiger partial charge in [-0.2, -0.15) is 18.3 Å². The van der Waals surface area contributed by atoms with E-state index in [-0.39, 0.29) is 37.1 Å². The predicted octanol–water partition coefficient (Wildman–Crippen LogP) is 3.44. The summed E-state index contributed by atoms with van der Waals surface area (Å²) in [6, 6.07) is 7.39. The van der Waals surface area contributed by atoms with Crippen molar-refractivity contribution in [3.63, 3.8) is 0 Å². The van der Waals surface area contributed by atoms with E-state index in [1.165, 1.54) is 0 Å². The van der Waals surface area contributed by atoms with Gasteiger partial charge in [-0.25, -0.2) is 0 Å². The molecule has 0 unspecified atom stereocenters. The predicted molar refractivity (Wildman–Crippen MR) is 108 cm³/mol. The topological polar surface area (TPSA) is 67.4 Å². The molecule has 1 aliphatic heterocycles. The fraction of sp³-hybridized carbons (Fsp3) is 0.412. The molecule has 0 bridgehead atoms. The summed E-state index contributed by atoms with van der Waals surface area (Å²) in [4.78, 5) is 16.3. The van der Waals surface area contributed by atoms with Crippen LogP contribution in [0.1, 0.15) is 11.4 Å². The Morgan fingerprint density at radius 1 is 1.10 bits per heavy atom. The monoisotopic (exact) mass is 471 g/mol. The minimum Gasteiger partial charge on any atom is -0.368 e. The quantitative estimate of drug-likeness (QED) is 0.740. The van der Waals surface area contributed by atoms with Gasteiger partial charge in [-0.15, -0.1) is 12.4 Å². The Balaban J connectivity index is 0.00000300. The Morgan fingerprint density at radius 3 is 2.21 bits per heavy atom. The number of amides is 1. The Morgan fingerprint density at radius 2 is 1.69 bits per heavy atom. The number of aromatic nitrogens is 2. The molecule has 0 aliphatic carbocycles. The normalized spacial score (nSPS) is 14.7. The Kier molecular flexibility index (Phi) is 7.67. The summed E-state index contributed by atoms with van der Waals surface area (Å²) in [6.45, 7) is 1.50. The van der Waals surface area contributed by atoms with Gasteiger partial charge in [-0.3, -0.25) is 9.48 Å². The zero-order valence-electron chi connectivity index (χ0n) is 15.1. The first-order valence-electron chi connectivity index (χ1n) is 8.51. The third-order valence-electron chi connectivity index (χ3n) is 4.56. The van der Waals surface area contributed by atoms with Gasteiger partial charge in [0.1, 0.15) is 6.54 Å². The first-order valence-corrected chi connectivity index (χ1v) is 9.27. The van der Waals surface area contributed by atoms with Crippen LogP contribution < -0.4 is 10.6 Å². The van der Waals surface area contributed by atoms with Crippen LogP contribution in [0.4, 0.5) is 18.9 Å². The van der Waals surface area contributed by atoms with E-state index in [1.807, 2.05) is 12.1 Å². The summed E-state index contributed by atoms with van der Waals surface area (Å²) < 4.78 is 39.9. The van der Waals surface area contributed by atoms with Crippen molar-refractivity contribution in [1.82, 2.24) is 14.7 Å². The van der Waals surface area contributed by atoms with E-state index < -0.39 is 16.9 Å². The fourth-order valence-electron chi connectivity index (χ4n) is 3.08. The average Bonchev–Trinajstić information content (AvgIpc) is 2.98. The number of anilines is 1. The Hall–Kier alpha value is -1.68. The third-order valence-corrected chi connectivity index (χ3v) is 5.21. The molecule has 3 rings (SSSR count). The highest BCUT2D eigenvalue weighted by atomic mass is 35.5. The smallest absolute Gasteiger partial charge is 0.368 e. The molecule has 0 spiro atoms. The second-order valence-electron chi connectivity index (χ2n) is 6.31. The van der Waals surface area contributed by atoms with E-state index >= 15 is 0 Å². The number of hydrogen-bond donors (Lipinski definition) is 1. The number of piperazine rings is 1. The van der Waals surface area contributed by atoms with E-state index in [1.54, 1.807) is 17.0 Å². The van der Waals surface area contributed by atoms with Crippen LogP contribution in [0.15, 0.2) is 24.3 Å². The first kappa shape index (κ1) is 23.6. The molecule has 0 saturated carbocycles. The lowest BCUT2D eigenvalue weighted by molar-refractivity contribution is -0.142. The number of hydrogen-bond acceptors (Lipinski definition) is 4. The summed E-state index contributed by atoms with van der Waals surface area (Å²) >= 11 is 11.6. The molecular weight excluding hydrogens is 454 g/mol. The Bertz CT molecular complexity index is 849. The van der Waals surface area contributed by atoms with Gasteiger partial charge in [0.2, 0.25) is 5.91 Å². The molecule has 1 aromatic heterocycles.